The average Bonchev–Trinajstić information content (AvgIpc) is 2.43. The van der Waals surface area contributed by atoms with Crippen LogP contribution >= 0.6 is 0 Å². The van der Waals surface area contributed by atoms with Crippen molar-refractivity contribution in [2.75, 3.05) is 33.0 Å². The highest BCUT2D eigenvalue weighted by molar-refractivity contribution is 5.12. The standard InChI is InChI=1S/C12H26N2O7/c1-8(16)14-10(11(18)9(17)2-4-15)12(19)21-7-6-20-5-3-13/h8-9,12,14-19H,2-7,13H2,1H3/b11-10-. The second kappa shape index (κ2) is 11.7. The Bertz CT molecular complexity index is 299. The number of aliphatic hydroxyl groups excluding tert-OH is 5. The second-order valence-electron chi connectivity index (χ2n) is 4.27. The first-order chi connectivity index (χ1) is 9.93. The Morgan fingerprint density at radius 3 is 2.38 bits per heavy atom. The van der Waals surface area contributed by atoms with Crippen LogP contribution in [0.4, 0.5) is 0 Å². The van der Waals surface area contributed by atoms with Crippen molar-refractivity contribution in [3.05, 3.63) is 11.5 Å². The summed E-state index contributed by atoms with van der Waals surface area (Å²) < 4.78 is 10.1. The predicted molar refractivity (Wildman–Crippen MR) is 74.0 cm³/mol. The van der Waals surface area contributed by atoms with Gasteiger partial charge in [-0.05, 0) is 6.92 Å². The van der Waals surface area contributed by atoms with Gasteiger partial charge in [0.25, 0.3) is 0 Å². The molecule has 3 atom stereocenters. The van der Waals surface area contributed by atoms with Crippen molar-refractivity contribution in [3.8, 4) is 0 Å². The highest BCUT2D eigenvalue weighted by Gasteiger charge is 2.22. The summed E-state index contributed by atoms with van der Waals surface area (Å²) in [4.78, 5) is 0. The Morgan fingerprint density at radius 1 is 1.19 bits per heavy atom. The summed E-state index contributed by atoms with van der Waals surface area (Å²) in [5.74, 6) is -0.611. The zero-order valence-electron chi connectivity index (χ0n) is 12.1. The Labute approximate surface area is 123 Å². The third kappa shape index (κ3) is 8.83. The molecule has 21 heavy (non-hydrogen) atoms. The van der Waals surface area contributed by atoms with Gasteiger partial charge in [-0.15, -0.1) is 0 Å². The number of rotatable bonds is 12. The van der Waals surface area contributed by atoms with Gasteiger partial charge in [0.1, 0.15) is 23.8 Å². The summed E-state index contributed by atoms with van der Waals surface area (Å²) in [5, 5.41) is 49.6. The van der Waals surface area contributed by atoms with Crippen LogP contribution < -0.4 is 11.1 Å². The quantitative estimate of drug-likeness (QED) is 0.120. The first-order valence-electron chi connectivity index (χ1n) is 6.68. The molecule has 0 fully saturated rings. The van der Waals surface area contributed by atoms with Gasteiger partial charge in [-0.3, -0.25) is 0 Å². The Hall–Kier alpha value is -0.940. The van der Waals surface area contributed by atoms with Crippen molar-refractivity contribution in [1.82, 2.24) is 5.32 Å². The van der Waals surface area contributed by atoms with E-state index in [1.807, 2.05) is 0 Å². The number of nitrogens with one attached hydrogen (secondary N) is 1. The number of ether oxygens (including phenoxy) is 2. The normalized spacial score (nSPS) is 17.0. The third-order valence-electron chi connectivity index (χ3n) is 2.37. The SMILES string of the molecule is CC(O)N/C(=C(\O)C(O)CCO)C(O)OCCOCCN. The maximum absolute atomic E-state index is 9.83. The summed E-state index contributed by atoms with van der Waals surface area (Å²) in [6.45, 7) is 1.95. The third-order valence-corrected chi connectivity index (χ3v) is 2.37. The number of nitrogens with two attached hydrogens (primary N) is 1. The van der Waals surface area contributed by atoms with Gasteiger partial charge in [0.15, 0.2) is 6.29 Å². The van der Waals surface area contributed by atoms with Crippen molar-refractivity contribution >= 4 is 0 Å². The minimum absolute atomic E-state index is 0.0233. The Kier molecular flexibility index (Phi) is 11.2. The molecule has 3 unspecified atom stereocenters. The maximum Gasteiger partial charge on any atom is 0.199 e. The second-order valence-corrected chi connectivity index (χ2v) is 4.27. The molecule has 0 rings (SSSR count). The van der Waals surface area contributed by atoms with E-state index in [0.717, 1.165) is 0 Å². The fourth-order valence-corrected chi connectivity index (χ4v) is 1.42. The maximum atomic E-state index is 9.83. The largest absolute Gasteiger partial charge is 0.508 e. The minimum Gasteiger partial charge on any atom is -0.508 e. The predicted octanol–water partition coefficient (Wildman–Crippen LogP) is -2.26. The van der Waals surface area contributed by atoms with E-state index >= 15 is 0 Å². The van der Waals surface area contributed by atoms with Crippen molar-refractivity contribution < 1.29 is 35.0 Å². The van der Waals surface area contributed by atoms with Crippen molar-refractivity contribution in [1.29, 1.82) is 0 Å². The van der Waals surface area contributed by atoms with Crippen LogP contribution in [-0.4, -0.2) is 77.1 Å². The van der Waals surface area contributed by atoms with Crippen LogP contribution in [0.15, 0.2) is 11.5 Å². The molecule has 0 aliphatic carbocycles. The summed E-state index contributed by atoms with van der Waals surface area (Å²) >= 11 is 0. The molecule has 0 aromatic carbocycles. The zero-order valence-corrected chi connectivity index (χ0v) is 12.1. The van der Waals surface area contributed by atoms with E-state index in [0.29, 0.717) is 13.2 Å². The zero-order chi connectivity index (χ0) is 16.3. The van der Waals surface area contributed by atoms with Crippen LogP contribution in [0.1, 0.15) is 13.3 Å². The smallest absolute Gasteiger partial charge is 0.199 e. The van der Waals surface area contributed by atoms with Gasteiger partial charge in [-0.2, -0.15) is 0 Å². The van der Waals surface area contributed by atoms with E-state index in [-0.39, 0.29) is 31.9 Å². The molecule has 0 aliphatic rings. The topological polar surface area (TPSA) is 158 Å². The summed E-state index contributed by atoms with van der Waals surface area (Å²) in [6, 6.07) is 0. The van der Waals surface area contributed by atoms with Gasteiger partial charge >= 0.3 is 0 Å². The highest BCUT2D eigenvalue weighted by Crippen LogP contribution is 2.12. The van der Waals surface area contributed by atoms with Gasteiger partial charge in [0, 0.05) is 19.6 Å². The van der Waals surface area contributed by atoms with E-state index in [1.54, 1.807) is 0 Å². The summed E-state index contributed by atoms with van der Waals surface area (Å²) in [5.41, 5.74) is 4.96. The molecule has 0 aliphatic heterocycles. The van der Waals surface area contributed by atoms with Gasteiger partial charge in [-0.25, -0.2) is 0 Å². The molecule has 0 spiro atoms. The lowest BCUT2D eigenvalue weighted by molar-refractivity contribution is -0.0971. The number of hydrogen-bond donors (Lipinski definition) is 7. The monoisotopic (exact) mass is 310 g/mol. The molecule has 0 saturated heterocycles. The van der Waals surface area contributed by atoms with E-state index in [1.165, 1.54) is 6.92 Å². The fourth-order valence-electron chi connectivity index (χ4n) is 1.42. The van der Waals surface area contributed by atoms with Crippen molar-refractivity contribution in [2.45, 2.75) is 32.0 Å². The fraction of sp³-hybridized carbons (Fsp3) is 0.833. The lowest BCUT2D eigenvalue weighted by Gasteiger charge is -2.22. The molecule has 0 saturated carbocycles. The summed E-state index contributed by atoms with van der Waals surface area (Å²) in [7, 11) is 0. The molecule has 0 amide bonds. The van der Waals surface area contributed by atoms with Crippen LogP contribution in [0.25, 0.3) is 0 Å². The lowest BCUT2D eigenvalue weighted by Crippen LogP contribution is -2.36. The van der Waals surface area contributed by atoms with Gasteiger partial charge in [0.05, 0.1) is 19.8 Å². The molecular formula is C12H26N2O7. The Morgan fingerprint density at radius 2 is 1.86 bits per heavy atom. The molecule has 126 valence electrons. The average molecular weight is 310 g/mol. The molecule has 0 radical (unpaired) electrons. The van der Waals surface area contributed by atoms with E-state index in [2.05, 4.69) is 5.32 Å². The minimum atomic E-state index is -1.59. The van der Waals surface area contributed by atoms with E-state index in [9.17, 15) is 20.4 Å². The van der Waals surface area contributed by atoms with Crippen LogP contribution in [-0.2, 0) is 9.47 Å². The number of hydrogen-bond acceptors (Lipinski definition) is 9. The lowest BCUT2D eigenvalue weighted by atomic mass is 10.2. The molecule has 0 bridgehead atoms. The molecular weight excluding hydrogens is 284 g/mol. The van der Waals surface area contributed by atoms with Crippen LogP contribution in [0.5, 0.6) is 0 Å². The first-order valence-corrected chi connectivity index (χ1v) is 6.68. The van der Waals surface area contributed by atoms with Gasteiger partial charge in [0.2, 0.25) is 0 Å². The molecule has 0 heterocycles. The van der Waals surface area contributed by atoms with E-state index < -0.39 is 24.4 Å². The van der Waals surface area contributed by atoms with Crippen LogP contribution in [0.2, 0.25) is 0 Å². The molecule has 9 nitrogen and oxygen atoms in total. The molecule has 9 heteroatoms. The molecule has 0 aromatic rings. The Balaban J connectivity index is 4.61. The molecule has 0 aromatic heterocycles. The molecule has 8 N–H and O–H groups in total. The summed E-state index contributed by atoms with van der Waals surface area (Å²) in [6.07, 6.45) is -4.18. The first kappa shape index (κ1) is 20.1. The van der Waals surface area contributed by atoms with Gasteiger partial charge < -0.3 is 46.1 Å². The van der Waals surface area contributed by atoms with Crippen LogP contribution in [0.3, 0.4) is 0 Å². The number of aliphatic hydroxyl groups is 5. The van der Waals surface area contributed by atoms with Gasteiger partial charge in [-0.1, -0.05) is 0 Å². The van der Waals surface area contributed by atoms with Crippen molar-refractivity contribution in [3.63, 3.8) is 0 Å². The van der Waals surface area contributed by atoms with Crippen molar-refractivity contribution in [2.24, 2.45) is 5.73 Å². The highest BCUT2D eigenvalue weighted by atomic mass is 16.6. The van der Waals surface area contributed by atoms with E-state index in [4.69, 9.17) is 20.3 Å². The van der Waals surface area contributed by atoms with Crippen LogP contribution in [0, 0.1) is 0 Å².